The highest BCUT2D eigenvalue weighted by Gasteiger charge is 2.23. The maximum atomic E-state index is 12.1. The lowest BCUT2D eigenvalue weighted by Crippen LogP contribution is -2.31. The van der Waals surface area contributed by atoms with Crippen molar-refractivity contribution in [1.29, 1.82) is 0 Å². The molecule has 1 atom stereocenters. The molecule has 0 fully saturated rings. The molecule has 0 spiro atoms. The van der Waals surface area contributed by atoms with Crippen molar-refractivity contribution in [2.75, 3.05) is 24.6 Å². The van der Waals surface area contributed by atoms with Gasteiger partial charge in [0.15, 0.2) is 5.16 Å². The number of aryl methyl sites for hydroxylation is 1. The number of amides is 1. The molecule has 0 unspecified atom stereocenters. The van der Waals surface area contributed by atoms with Gasteiger partial charge in [-0.05, 0) is 44.6 Å². The Labute approximate surface area is 151 Å². The second-order valence-corrected chi connectivity index (χ2v) is 8.30. The number of thiophene rings is 1. The van der Waals surface area contributed by atoms with E-state index >= 15 is 0 Å². The van der Waals surface area contributed by atoms with E-state index in [1.165, 1.54) is 28.6 Å². The molecule has 2 N–H and O–H groups in total. The first-order valence-electron chi connectivity index (χ1n) is 8.51. The Morgan fingerprint density at radius 3 is 2.83 bits per heavy atom. The van der Waals surface area contributed by atoms with Crippen molar-refractivity contribution >= 4 is 45.0 Å². The van der Waals surface area contributed by atoms with Crippen LogP contribution in [-0.2, 0) is 17.6 Å². The van der Waals surface area contributed by atoms with Crippen LogP contribution in [0.15, 0.2) is 5.16 Å². The highest BCUT2D eigenvalue weighted by atomic mass is 32.2. The minimum absolute atomic E-state index is 0.117. The van der Waals surface area contributed by atoms with Gasteiger partial charge in [-0.3, -0.25) is 4.79 Å². The lowest BCUT2D eigenvalue weighted by molar-refractivity contribution is -0.127. The van der Waals surface area contributed by atoms with E-state index in [1.807, 2.05) is 18.7 Å². The lowest BCUT2D eigenvalue weighted by atomic mass is 9.89. The standard InChI is InChI=1S/C17H24N4OS2/c1-4-21(5-2)13(22)9-23-17-19-15(18)14-11-7-6-10(3)8-12(11)24-16(14)20-17/h10H,4-9H2,1-3H3,(H2,18,19,20)/t10-/m1/s1. The summed E-state index contributed by atoms with van der Waals surface area (Å²) in [6, 6.07) is 0. The van der Waals surface area contributed by atoms with Gasteiger partial charge in [-0.15, -0.1) is 11.3 Å². The topological polar surface area (TPSA) is 72.1 Å². The van der Waals surface area contributed by atoms with Gasteiger partial charge in [0, 0.05) is 18.0 Å². The molecule has 0 saturated carbocycles. The van der Waals surface area contributed by atoms with Gasteiger partial charge < -0.3 is 10.6 Å². The predicted molar refractivity (Wildman–Crippen MR) is 102 cm³/mol. The molecule has 0 aromatic carbocycles. The second kappa shape index (κ2) is 7.27. The van der Waals surface area contributed by atoms with Crippen LogP contribution in [-0.4, -0.2) is 39.6 Å². The summed E-state index contributed by atoms with van der Waals surface area (Å²) in [5, 5.41) is 1.65. The van der Waals surface area contributed by atoms with E-state index in [2.05, 4.69) is 16.9 Å². The second-order valence-electron chi connectivity index (χ2n) is 6.28. The molecular formula is C17H24N4OS2. The number of nitrogens with zero attached hydrogens (tertiary/aromatic N) is 3. The summed E-state index contributed by atoms with van der Waals surface area (Å²) in [7, 11) is 0. The molecule has 1 aliphatic rings. The number of aromatic nitrogens is 2. The van der Waals surface area contributed by atoms with E-state index in [1.54, 1.807) is 11.3 Å². The molecule has 0 bridgehead atoms. The third-order valence-corrected chi connectivity index (χ3v) is 6.58. The smallest absolute Gasteiger partial charge is 0.233 e. The minimum Gasteiger partial charge on any atom is -0.383 e. The molecule has 1 aliphatic carbocycles. The summed E-state index contributed by atoms with van der Waals surface area (Å²) >= 11 is 3.12. The van der Waals surface area contributed by atoms with Crippen molar-refractivity contribution in [3.63, 3.8) is 0 Å². The molecular weight excluding hydrogens is 340 g/mol. The van der Waals surface area contributed by atoms with Crippen LogP contribution >= 0.6 is 23.1 Å². The normalized spacial score (nSPS) is 17.0. The summed E-state index contributed by atoms with van der Waals surface area (Å²) in [6.45, 7) is 7.73. The average molecular weight is 365 g/mol. The monoisotopic (exact) mass is 364 g/mol. The number of nitrogen functional groups attached to an aromatic ring is 1. The Hall–Kier alpha value is -1.34. The number of anilines is 1. The number of rotatable bonds is 5. The molecule has 24 heavy (non-hydrogen) atoms. The van der Waals surface area contributed by atoms with E-state index in [0.29, 0.717) is 16.7 Å². The quantitative estimate of drug-likeness (QED) is 0.650. The molecule has 0 radical (unpaired) electrons. The first-order valence-corrected chi connectivity index (χ1v) is 10.3. The number of nitrogens with two attached hydrogens (primary N) is 1. The summed E-state index contributed by atoms with van der Waals surface area (Å²) in [5.41, 5.74) is 7.57. The van der Waals surface area contributed by atoms with Crippen LogP contribution in [0.4, 0.5) is 5.82 Å². The third kappa shape index (κ3) is 3.37. The van der Waals surface area contributed by atoms with Crippen molar-refractivity contribution in [2.45, 2.75) is 45.2 Å². The van der Waals surface area contributed by atoms with Crippen molar-refractivity contribution in [2.24, 2.45) is 5.92 Å². The molecule has 5 nitrogen and oxygen atoms in total. The first kappa shape index (κ1) is 17.5. The van der Waals surface area contributed by atoms with Crippen LogP contribution < -0.4 is 5.73 Å². The Morgan fingerprint density at radius 2 is 2.12 bits per heavy atom. The third-order valence-electron chi connectivity index (χ3n) is 4.60. The molecule has 0 saturated heterocycles. The molecule has 2 aromatic heterocycles. The number of hydrogen-bond donors (Lipinski definition) is 1. The maximum absolute atomic E-state index is 12.1. The number of carbonyl (C=O) groups excluding carboxylic acids is 1. The van der Waals surface area contributed by atoms with Crippen LogP contribution in [0.1, 0.15) is 37.6 Å². The SMILES string of the molecule is CCN(CC)C(=O)CSc1nc(N)c2c3c(sc2n1)C[C@H](C)CC3. The van der Waals surface area contributed by atoms with Gasteiger partial charge in [-0.25, -0.2) is 9.97 Å². The van der Waals surface area contributed by atoms with Crippen molar-refractivity contribution in [3.8, 4) is 0 Å². The van der Waals surface area contributed by atoms with Gasteiger partial charge in [0.25, 0.3) is 0 Å². The Morgan fingerprint density at radius 1 is 1.38 bits per heavy atom. The number of hydrogen-bond acceptors (Lipinski definition) is 6. The van der Waals surface area contributed by atoms with E-state index in [0.717, 1.165) is 42.1 Å². The fourth-order valence-corrected chi connectivity index (χ4v) is 5.41. The zero-order chi connectivity index (χ0) is 17.3. The molecule has 2 aromatic rings. The van der Waals surface area contributed by atoms with Gasteiger partial charge in [-0.2, -0.15) is 0 Å². The largest absolute Gasteiger partial charge is 0.383 e. The molecule has 1 amide bonds. The Kier molecular flexibility index (Phi) is 5.30. The molecule has 2 heterocycles. The van der Waals surface area contributed by atoms with Crippen LogP contribution in [0.2, 0.25) is 0 Å². The Balaban J connectivity index is 1.82. The maximum Gasteiger partial charge on any atom is 0.233 e. The van der Waals surface area contributed by atoms with Gasteiger partial charge in [-0.1, -0.05) is 18.7 Å². The van der Waals surface area contributed by atoms with Crippen LogP contribution in [0, 0.1) is 5.92 Å². The zero-order valence-electron chi connectivity index (χ0n) is 14.5. The number of fused-ring (bicyclic) bond motifs is 3. The van der Waals surface area contributed by atoms with Crippen molar-refractivity contribution in [1.82, 2.24) is 14.9 Å². The number of carbonyl (C=O) groups is 1. The van der Waals surface area contributed by atoms with Crippen molar-refractivity contribution < 1.29 is 4.79 Å². The van der Waals surface area contributed by atoms with Gasteiger partial charge in [0.2, 0.25) is 5.91 Å². The predicted octanol–water partition coefficient (Wildman–Crippen LogP) is 3.36. The summed E-state index contributed by atoms with van der Waals surface area (Å²) in [6.07, 6.45) is 3.38. The minimum atomic E-state index is 0.117. The van der Waals surface area contributed by atoms with Gasteiger partial charge >= 0.3 is 0 Å². The number of thioether (sulfide) groups is 1. The Bertz CT molecular complexity index is 755. The van der Waals surface area contributed by atoms with Crippen LogP contribution in [0.25, 0.3) is 10.2 Å². The van der Waals surface area contributed by atoms with E-state index in [4.69, 9.17) is 5.73 Å². The highest BCUT2D eigenvalue weighted by Crippen LogP contribution is 2.39. The van der Waals surface area contributed by atoms with Crippen LogP contribution in [0.3, 0.4) is 0 Å². The lowest BCUT2D eigenvalue weighted by Gasteiger charge is -2.18. The molecule has 3 rings (SSSR count). The zero-order valence-corrected chi connectivity index (χ0v) is 16.1. The van der Waals surface area contributed by atoms with Crippen molar-refractivity contribution in [3.05, 3.63) is 10.4 Å². The highest BCUT2D eigenvalue weighted by molar-refractivity contribution is 7.99. The fraction of sp³-hybridized carbons (Fsp3) is 0.588. The van der Waals surface area contributed by atoms with E-state index in [-0.39, 0.29) is 5.91 Å². The van der Waals surface area contributed by atoms with Gasteiger partial charge in [0.1, 0.15) is 10.6 Å². The van der Waals surface area contributed by atoms with E-state index < -0.39 is 0 Å². The molecule has 7 heteroatoms. The van der Waals surface area contributed by atoms with E-state index in [9.17, 15) is 4.79 Å². The summed E-state index contributed by atoms with van der Waals surface area (Å²) < 4.78 is 0. The average Bonchev–Trinajstić information content (AvgIpc) is 2.91. The fourth-order valence-electron chi connectivity index (χ4n) is 3.21. The van der Waals surface area contributed by atoms with Gasteiger partial charge in [0.05, 0.1) is 11.1 Å². The summed E-state index contributed by atoms with van der Waals surface area (Å²) in [4.78, 5) is 25.5. The van der Waals surface area contributed by atoms with Crippen LogP contribution in [0.5, 0.6) is 0 Å². The summed E-state index contributed by atoms with van der Waals surface area (Å²) in [5.74, 6) is 1.76. The first-order chi connectivity index (χ1) is 11.5. The molecule has 0 aliphatic heterocycles. The molecule has 130 valence electrons.